The summed E-state index contributed by atoms with van der Waals surface area (Å²) in [5.74, 6) is 0.298. The molecule has 0 fully saturated rings. The molecule has 1 heterocycles. The van der Waals surface area contributed by atoms with E-state index in [-0.39, 0.29) is 11.8 Å². The number of nitrogens with one attached hydrogen (secondary N) is 1. The van der Waals surface area contributed by atoms with Crippen molar-refractivity contribution in [1.82, 2.24) is 15.3 Å². The first kappa shape index (κ1) is 11.6. The molecule has 0 saturated carbocycles. The molecule has 1 amide bonds. The third-order valence-electron chi connectivity index (χ3n) is 2.08. The molecular weight excluding hydrogens is 192 g/mol. The first-order valence-corrected chi connectivity index (χ1v) is 4.88. The summed E-state index contributed by atoms with van der Waals surface area (Å²) >= 11 is 0. The first-order valence-electron chi connectivity index (χ1n) is 4.88. The summed E-state index contributed by atoms with van der Waals surface area (Å²) in [5.41, 5.74) is 6.05. The Labute approximate surface area is 89.1 Å². The van der Waals surface area contributed by atoms with Crippen LogP contribution in [0.25, 0.3) is 0 Å². The molecule has 0 spiro atoms. The average molecular weight is 208 g/mol. The molecule has 82 valence electrons. The van der Waals surface area contributed by atoms with Gasteiger partial charge in [0.25, 0.3) is 0 Å². The molecule has 0 aliphatic carbocycles. The minimum absolute atomic E-state index is 0.159. The molecule has 15 heavy (non-hydrogen) atoms. The van der Waals surface area contributed by atoms with Gasteiger partial charge in [-0.3, -0.25) is 4.79 Å². The molecular formula is C10H16N4O. The van der Waals surface area contributed by atoms with E-state index in [1.54, 1.807) is 13.1 Å². The van der Waals surface area contributed by atoms with Gasteiger partial charge in [-0.25, -0.2) is 9.97 Å². The fraction of sp³-hybridized carbons (Fsp3) is 0.500. The quantitative estimate of drug-likeness (QED) is 0.713. The van der Waals surface area contributed by atoms with E-state index < -0.39 is 0 Å². The highest BCUT2D eigenvalue weighted by atomic mass is 16.1. The third-order valence-corrected chi connectivity index (χ3v) is 2.08. The van der Waals surface area contributed by atoms with Crippen molar-refractivity contribution in [2.24, 2.45) is 11.7 Å². The highest BCUT2D eigenvalue weighted by Crippen LogP contribution is 1.95. The number of rotatable bonds is 5. The molecule has 0 bridgehead atoms. The number of amides is 1. The van der Waals surface area contributed by atoms with Crippen LogP contribution in [0.3, 0.4) is 0 Å². The molecule has 0 saturated heterocycles. The van der Waals surface area contributed by atoms with E-state index in [1.165, 1.54) is 0 Å². The van der Waals surface area contributed by atoms with Crippen LogP contribution in [-0.4, -0.2) is 22.4 Å². The first-order chi connectivity index (χ1) is 7.09. The number of aromatic nitrogens is 2. The van der Waals surface area contributed by atoms with E-state index in [2.05, 4.69) is 15.3 Å². The van der Waals surface area contributed by atoms with E-state index in [4.69, 9.17) is 5.73 Å². The maximum Gasteiger partial charge on any atom is 0.221 e. The van der Waals surface area contributed by atoms with Gasteiger partial charge in [-0.05, 0) is 13.0 Å². The molecule has 1 aromatic heterocycles. The number of primary amides is 1. The van der Waals surface area contributed by atoms with E-state index >= 15 is 0 Å². The van der Waals surface area contributed by atoms with Crippen LogP contribution in [0.5, 0.6) is 0 Å². The molecule has 0 aromatic carbocycles. The van der Waals surface area contributed by atoms with Crippen molar-refractivity contribution in [3.05, 3.63) is 23.8 Å². The number of carbonyl (C=O) groups is 1. The zero-order valence-corrected chi connectivity index (χ0v) is 9.03. The monoisotopic (exact) mass is 208 g/mol. The van der Waals surface area contributed by atoms with Gasteiger partial charge in [0.15, 0.2) is 0 Å². The minimum Gasteiger partial charge on any atom is -0.369 e. The lowest BCUT2D eigenvalue weighted by Crippen LogP contribution is -2.30. The van der Waals surface area contributed by atoms with Crippen LogP contribution in [0, 0.1) is 12.8 Å². The van der Waals surface area contributed by atoms with Crippen molar-refractivity contribution in [2.75, 3.05) is 6.54 Å². The summed E-state index contributed by atoms with van der Waals surface area (Å²) in [6.07, 6.45) is 1.72. The SMILES string of the molecule is Cc1nccc(CNCC(C)C(N)=O)n1. The van der Waals surface area contributed by atoms with Gasteiger partial charge in [-0.2, -0.15) is 0 Å². The number of hydrogen-bond acceptors (Lipinski definition) is 4. The molecule has 1 unspecified atom stereocenters. The van der Waals surface area contributed by atoms with Gasteiger partial charge in [0.05, 0.1) is 5.69 Å². The van der Waals surface area contributed by atoms with Gasteiger partial charge < -0.3 is 11.1 Å². The van der Waals surface area contributed by atoms with Crippen LogP contribution in [0.15, 0.2) is 12.3 Å². The summed E-state index contributed by atoms with van der Waals surface area (Å²) in [5, 5.41) is 3.12. The van der Waals surface area contributed by atoms with Gasteiger partial charge in [-0.15, -0.1) is 0 Å². The summed E-state index contributed by atoms with van der Waals surface area (Å²) in [4.78, 5) is 19.0. The van der Waals surface area contributed by atoms with Crippen LogP contribution in [0.2, 0.25) is 0 Å². The van der Waals surface area contributed by atoms with Crippen molar-refractivity contribution in [2.45, 2.75) is 20.4 Å². The third kappa shape index (κ3) is 4.03. The van der Waals surface area contributed by atoms with E-state index in [0.29, 0.717) is 13.1 Å². The second-order valence-corrected chi connectivity index (χ2v) is 3.53. The van der Waals surface area contributed by atoms with Gasteiger partial charge >= 0.3 is 0 Å². The Morgan fingerprint density at radius 3 is 3.00 bits per heavy atom. The topological polar surface area (TPSA) is 80.9 Å². The number of aryl methyl sites for hydroxylation is 1. The lowest BCUT2D eigenvalue weighted by molar-refractivity contribution is -0.121. The molecule has 3 N–H and O–H groups in total. The van der Waals surface area contributed by atoms with Crippen molar-refractivity contribution in [3.8, 4) is 0 Å². The highest BCUT2D eigenvalue weighted by Gasteiger charge is 2.07. The summed E-state index contributed by atoms with van der Waals surface area (Å²) in [6.45, 7) is 4.83. The molecule has 1 aromatic rings. The van der Waals surface area contributed by atoms with Gasteiger partial charge in [0.2, 0.25) is 5.91 Å². The van der Waals surface area contributed by atoms with Crippen molar-refractivity contribution >= 4 is 5.91 Å². The van der Waals surface area contributed by atoms with Crippen LogP contribution in [0.4, 0.5) is 0 Å². The molecule has 1 atom stereocenters. The van der Waals surface area contributed by atoms with Gasteiger partial charge in [0.1, 0.15) is 5.82 Å². The smallest absolute Gasteiger partial charge is 0.221 e. The maximum absolute atomic E-state index is 10.8. The summed E-state index contributed by atoms with van der Waals surface area (Å²) in [7, 11) is 0. The number of nitrogens with two attached hydrogens (primary N) is 1. The van der Waals surface area contributed by atoms with Crippen LogP contribution in [-0.2, 0) is 11.3 Å². The predicted octanol–water partition coefficient (Wildman–Crippen LogP) is -0.00398. The Bertz CT molecular complexity index is 340. The summed E-state index contributed by atoms with van der Waals surface area (Å²) in [6, 6.07) is 1.84. The molecule has 5 heteroatoms. The van der Waals surface area contributed by atoms with Gasteiger partial charge in [0, 0.05) is 25.2 Å². The molecule has 1 rings (SSSR count). The highest BCUT2D eigenvalue weighted by molar-refractivity contribution is 5.76. The average Bonchev–Trinajstić information content (AvgIpc) is 2.17. The van der Waals surface area contributed by atoms with Gasteiger partial charge in [-0.1, -0.05) is 6.92 Å². The second-order valence-electron chi connectivity index (χ2n) is 3.53. The van der Waals surface area contributed by atoms with Crippen LogP contribution < -0.4 is 11.1 Å². The minimum atomic E-state index is -0.290. The van der Waals surface area contributed by atoms with Crippen LogP contribution in [0.1, 0.15) is 18.4 Å². The van der Waals surface area contributed by atoms with Crippen molar-refractivity contribution < 1.29 is 4.79 Å². The summed E-state index contributed by atoms with van der Waals surface area (Å²) < 4.78 is 0. The fourth-order valence-electron chi connectivity index (χ4n) is 1.12. The largest absolute Gasteiger partial charge is 0.369 e. The van der Waals surface area contributed by atoms with E-state index in [9.17, 15) is 4.79 Å². The Balaban J connectivity index is 2.35. The Morgan fingerprint density at radius 2 is 2.40 bits per heavy atom. The number of hydrogen-bond donors (Lipinski definition) is 2. The molecule has 5 nitrogen and oxygen atoms in total. The number of carbonyl (C=O) groups excluding carboxylic acids is 1. The lowest BCUT2D eigenvalue weighted by Gasteiger charge is -2.08. The molecule has 0 radical (unpaired) electrons. The Kier molecular flexibility index (Phi) is 4.17. The number of nitrogens with zero attached hydrogens (tertiary/aromatic N) is 2. The normalized spacial score (nSPS) is 12.4. The lowest BCUT2D eigenvalue weighted by atomic mass is 10.2. The Hall–Kier alpha value is -1.49. The molecule has 0 aliphatic heterocycles. The maximum atomic E-state index is 10.8. The van der Waals surface area contributed by atoms with Crippen molar-refractivity contribution in [3.63, 3.8) is 0 Å². The van der Waals surface area contributed by atoms with E-state index in [1.807, 2.05) is 13.0 Å². The molecule has 0 aliphatic rings. The fourth-order valence-corrected chi connectivity index (χ4v) is 1.12. The predicted molar refractivity (Wildman–Crippen MR) is 56.8 cm³/mol. The second kappa shape index (κ2) is 5.41. The Morgan fingerprint density at radius 1 is 1.67 bits per heavy atom. The standard InChI is InChI=1S/C10H16N4O/c1-7(10(11)15)5-12-6-9-3-4-13-8(2)14-9/h3-4,7,12H,5-6H2,1-2H3,(H2,11,15). The van der Waals surface area contributed by atoms with Crippen LogP contribution >= 0.6 is 0 Å². The van der Waals surface area contributed by atoms with Crippen molar-refractivity contribution in [1.29, 1.82) is 0 Å². The zero-order valence-electron chi connectivity index (χ0n) is 9.03. The zero-order chi connectivity index (χ0) is 11.3. The van der Waals surface area contributed by atoms with E-state index in [0.717, 1.165) is 11.5 Å².